The van der Waals surface area contributed by atoms with Crippen LogP contribution in [0.25, 0.3) is 0 Å². The maximum Gasteiger partial charge on any atom is 0.417 e. The SMILES string of the molecule is CC(C)C(=O)NCc1ccc(C(F)(F)F)c(C2NC(=O)CC(c3ccc(C(F)(F)F)cn3)N2)c1F. The highest BCUT2D eigenvalue weighted by molar-refractivity contribution is 5.78. The molecular weight excluding hydrogens is 485 g/mol. The minimum absolute atomic E-state index is 0.0350. The molecule has 190 valence electrons. The smallest absolute Gasteiger partial charge is 0.352 e. The largest absolute Gasteiger partial charge is 0.417 e. The Hall–Kier alpha value is -3.22. The first kappa shape index (κ1) is 26.4. The van der Waals surface area contributed by atoms with Crippen LogP contribution in [0.3, 0.4) is 0 Å². The number of carbonyl (C=O) groups excluding carboxylic acids is 2. The summed E-state index contributed by atoms with van der Waals surface area (Å²) in [7, 11) is 0. The molecule has 0 radical (unpaired) electrons. The van der Waals surface area contributed by atoms with Crippen molar-refractivity contribution in [3.8, 4) is 0 Å². The highest BCUT2D eigenvalue weighted by Crippen LogP contribution is 2.38. The number of carbonyl (C=O) groups is 2. The second kappa shape index (κ2) is 9.80. The third-order valence-corrected chi connectivity index (χ3v) is 5.36. The summed E-state index contributed by atoms with van der Waals surface area (Å²) >= 11 is 0. The molecule has 1 aromatic heterocycles. The normalized spacial score (nSPS) is 19.0. The summed E-state index contributed by atoms with van der Waals surface area (Å²) in [4.78, 5) is 27.8. The number of benzene rings is 1. The number of hydrogen-bond acceptors (Lipinski definition) is 4. The van der Waals surface area contributed by atoms with Crippen molar-refractivity contribution < 1.29 is 40.3 Å². The lowest BCUT2D eigenvalue weighted by molar-refractivity contribution is -0.139. The summed E-state index contributed by atoms with van der Waals surface area (Å²) in [5.74, 6) is -2.93. The van der Waals surface area contributed by atoms with Crippen LogP contribution in [0.4, 0.5) is 30.7 Å². The quantitative estimate of drug-likeness (QED) is 0.526. The van der Waals surface area contributed by atoms with Gasteiger partial charge in [0.1, 0.15) is 12.0 Å². The highest BCUT2D eigenvalue weighted by Gasteiger charge is 2.40. The van der Waals surface area contributed by atoms with Crippen molar-refractivity contribution in [3.63, 3.8) is 0 Å². The summed E-state index contributed by atoms with van der Waals surface area (Å²) in [6, 6.07) is 2.17. The fourth-order valence-electron chi connectivity index (χ4n) is 3.52. The van der Waals surface area contributed by atoms with Gasteiger partial charge in [0.05, 0.1) is 22.9 Å². The average Bonchev–Trinajstić information content (AvgIpc) is 2.76. The number of pyridine rings is 1. The lowest BCUT2D eigenvalue weighted by atomic mass is 9.96. The predicted molar refractivity (Wildman–Crippen MR) is 109 cm³/mol. The Kier molecular flexibility index (Phi) is 7.39. The average molecular weight is 506 g/mol. The Morgan fingerprint density at radius 3 is 2.34 bits per heavy atom. The summed E-state index contributed by atoms with van der Waals surface area (Å²) in [5.41, 5.74) is -3.58. The second-order valence-corrected chi connectivity index (χ2v) is 8.26. The Morgan fingerprint density at radius 1 is 1.11 bits per heavy atom. The van der Waals surface area contributed by atoms with Gasteiger partial charge in [-0.2, -0.15) is 26.3 Å². The van der Waals surface area contributed by atoms with Gasteiger partial charge in [0.15, 0.2) is 0 Å². The van der Waals surface area contributed by atoms with Crippen LogP contribution in [0.5, 0.6) is 0 Å². The van der Waals surface area contributed by atoms with Crippen molar-refractivity contribution in [2.75, 3.05) is 0 Å². The van der Waals surface area contributed by atoms with E-state index in [1.54, 1.807) is 13.8 Å². The molecule has 2 aromatic rings. The monoisotopic (exact) mass is 506 g/mol. The van der Waals surface area contributed by atoms with E-state index in [2.05, 4.69) is 20.9 Å². The lowest BCUT2D eigenvalue weighted by Gasteiger charge is -2.33. The molecule has 2 amide bonds. The molecule has 0 bridgehead atoms. The lowest BCUT2D eigenvalue weighted by Crippen LogP contribution is -2.48. The molecule has 2 atom stereocenters. The van der Waals surface area contributed by atoms with Gasteiger partial charge in [-0.1, -0.05) is 19.9 Å². The van der Waals surface area contributed by atoms with Crippen molar-refractivity contribution >= 4 is 11.8 Å². The molecule has 2 unspecified atom stereocenters. The Labute approximate surface area is 195 Å². The summed E-state index contributed by atoms with van der Waals surface area (Å²) in [6.45, 7) is 2.78. The van der Waals surface area contributed by atoms with Gasteiger partial charge < -0.3 is 10.6 Å². The van der Waals surface area contributed by atoms with Gasteiger partial charge in [-0.3, -0.25) is 19.9 Å². The first-order valence-electron chi connectivity index (χ1n) is 10.4. The zero-order chi connectivity index (χ0) is 26.1. The van der Waals surface area contributed by atoms with Crippen molar-refractivity contribution in [2.45, 2.75) is 51.4 Å². The molecule has 35 heavy (non-hydrogen) atoms. The number of aromatic nitrogens is 1. The molecule has 1 fully saturated rings. The number of halogens is 7. The molecule has 3 N–H and O–H groups in total. The third-order valence-electron chi connectivity index (χ3n) is 5.36. The molecule has 0 aliphatic carbocycles. The van der Waals surface area contributed by atoms with Crippen LogP contribution < -0.4 is 16.0 Å². The van der Waals surface area contributed by atoms with E-state index in [1.807, 2.05) is 0 Å². The molecule has 2 heterocycles. The van der Waals surface area contributed by atoms with Crippen LogP contribution in [0.2, 0.25) is 0 Å². The van der Waals surface area contributed by atoms with Gasteiger partial charge in [0.2, 0.25) is 11.8 Å². The summed E-state index contributed by atoms with van der Waals surface area (Å²) < 4.78 is 94.9. The van der Waals surface area contributed by atoms with Crippen molar-refractivity contribution in [3.05, 3.63) is 64.2 Å². The molecule has 1 aromatic carbocycles. The number of rotatable bonds is 5. The van der Waals surface area contributed by atoms with Crippen molar-refractivity contribution in [2.24, 2.45) is 5.92 Å². The number of amides is 2. The predicted octanol–water partition coefficient (Wildman–Crippen LogP) is 4.38. The molecule has 0 saturated carbocycles. The highest BCUT2D eigenvalue weighted by atomic mass is 19.4. The number of alkyl halides is 6. The van der Waals surface area contributed by atoms with Crippen LogP contribution >= 0.6 is 0 Å². The number of hydrogen-bond donors (Lipinski definition) is 3. The maximum absolute atomic E-state index is 15.4. The molecule has 13 heteroatoms. The van der Waals surface area contributed by atoms with E-state index in [9.17, 15) is 35.9 Å². The maximum atomic E-state index is 15.4. The Morgan fingerprint density at radius 2 is 1.80 bits per heavy atom. The first-order valence-corrected chi connectivity index (χ1v) is 10.4. The molecule has 6 nitrogen and oxygen atoms in total. The van der Waals surface area contributed by atoms with E-state index in [0.717, 1.165) is 18.2 Å². The first-order chi connectivity index (χ1) is 16.2. The summed E-state index contributed by atoms with van der Waals surface area (Å²) in [5, 5.41) is 7.30. The van der Waals surface area contributed by atoms with Crippen LogP contribution in [0, 0.1) is 11.7 Å². The van der Waals surface area contributed by atoms with E-state index in [-0.39, 0.29) is 17.7 Å². The minimum Gasteiger partial charge on any atom is -0.352 e. The molecule has 1 saturated heterocycles. The molecule has 0 spiro atoms. The Bertz CT molecular complexity index is 1100. The van der Waals surface area contributed by atoms with E-state index < -0.39 is 71.3 Å². The van der Waals surface area contributed by atoms with Gasteiger partial charge in [-0.25, -0.2) is 4.39 Å². The van der Waals surface area contributed by atoms with Crippen molar-refractivity contribution in [1.29, 1.82) is 0 Å². The second-order valence-electron chi connectivity index (χ2n) is 8.26. The number of nitrogens with zero attached hydrogens (tertiary/aromatic N) is 1. The van der Waals surface area contributed by atoms with Gasteiger partial charge in [-0.05, 0) is 18.2 Å². The zero-order valence-electron chi connectivity index (χ0n) is 18.4. The standard InChI is InChI=1S/C22H21F7N4O2/c1-10(2)20(35)31-8-11-3-5-13(22(27,28)29)17(18(11)23)19-32-15(7-16(34)33-19)14-6-4-12(9-30-14)21(24,25)26/h3-6,9-10,15,19,32H,7-8H2,1-2H3,(H,31,35)(H,33,34). The molecule has 1 aliphatic rings. The van der Waals surface area contributed by atoms with Crippen LogP contribution in [-0.4, -0.2) is 16.8 Å². The third kappa shape index (κ3) is 6.08. The summed E-state index contributed by atoms with van der Waals surface area (Å²) in [6.07, 6.45) is -11.1. The molecule has 3 rings (SSSR count). The van der Waals surface area contributed by atoms with Crippen LogP contribution in [0.1, 0.15) is 60.4 Å². The van der Waals surface area contributed by atoms with Gasteiger partial charge >= 0.3 is 12.4 Å². The van der Waals surface area contributed by atoms with E-state index in [1.165, 1.54) is 0 Å². The minimum atomic E-state index is -4.98. The topological polar surface area (TPSA) is 83.1 Å². The van der Waals surface area contributed by atoms with E-state index in [4.69, 9.17) is 0 Å². The van der Waals surface area contributed by atoms with Crippen LogP contribution in [0.15, 0.2) is 30.5 Å². The fourth-order valence-corrected chi connectivity index (χ4v) is 3.52. The number of nitrogens with one attached hydrogen (secondary N) is 3. The van der Waals surface area contributed by atoms with E-state index >= 15 is 4.39 Å². The Balaban J connectivity index is 1.97. The zero-order valence-corrected chi connectivity index (χ0v) is 18.4. The fraction of sp³-hybridized carbons (Fsp3) is 0.409. The molecule has 1 aliphatic heterocycles. The van der Waals surface area contributed by atoms with Gasteiger partial charge in [0, 0.05) is 36.2 Å². The van der Waals surface area contributed by atoms with E-state index in [0.29, 0.717) is 12.3 Å². The van der Waals surface area contributed by atoms with Crippen molar-refractivity contribution in [1.82, 2.24) is 20.9 Å². The van der Waals surface area contributed by atoms with Gasteiger partial charge in [0.25, 0.3) is 0 Å². The van der Waals surface area contributed by atoms with Gasteiger partial charge in [-0.15, -0.1) is 0 Å². The van der Waals surface area contributed by atoms with Crippen LogP contribution in [-0.2, 0) is 28.5 Å². The molecular formula is C22H21F7N4O2.